The lowest BCUT2D eigenvalue weighted by atomic mass is 10.3. The molecule has 0 radical (unpaired) electrons. The van der Waals surface area contributed by atoms with Gasteiger partial charge in [0.2, 0.25) is 0 Å². The summed E-state index contributed by atoms with van der Waals surface area (Å²) in [5.41, 5.74) is 0. The van der Waals surface area contributed by atoms with E-state index < -0.39 is 0 Å². The standard InChI is InChI=1S/C9H18N2O2.C3H8/c1-3-4-10-5-7-11(8-6-10)9(12)13-2;1-3-2/h3-8H2,1-2H3;3H2,1-2H3. The molecule has 0 aromatic heterocycles. The highest BCUT2D eigenvalue weighted by atomic mass is 16.5. The van der Waals surface area contributed by atoms with Crippen molar-refractivity contribution in [2.45, 2.75) is 33.6 Å². The van der Waals surface area contributed by atoms with Crippen molar-refractivity contribution in [3.05, 3.63) is 0 Å². The number of hydrogen-bond donors (Lipinski definition) is 0. The molecule has 0 aromatic rings. The first kappa shape index (κ1) is 15.2. The van der Waals surface area contributed by atoms with Gasteiger partial charge >= 0.3 is 6.09 Å². The molecule has 0 spiro atoms. The summed E-state index contributed by atoms with van der Waals surface area (Å²) in [6, 6.07) is 0. The van der Waals surface area contributed by atoms with Crippen LogP contribution in [0.4, 0.5) is 4.79 Å². The molecule has 0 N–H and O–H groups in total. The van der Waals surface area contributed by atoms with E-state index in [9.17, 15) is 4.79 Å². The Balaban J connectivity index is 0.000000673. The highest BCUT2D eigenvalue weighted by Gasteiger charge is 2.20. The number of methoxy groups -OCH3 is 1. The maximum atomic E-state index is 11.1. The van der Waals surface area contributed by atoms with Crippen molar-refractivity contribution in [2.75, 3.05) is 39.8 Å². The van der Waals surface area contributed by atoms with Crippen LogP contribution in [-0.4, -0.2) is 55.7 Å². The Labute approximate surface area is 99.5 Å². The van der Waals surface area contributed by atoms with Crippen molar-refractivity contribution in [1.29, 1.82) is 0 Å². The van der Waals surface area contributed by atoms with Gasteiger partial charge in [0.25, 0.3) is 0 Å². The summed E-state index contributed by atoms with van der Waals surface area (Å²) in [7, 11) is 1.43. The number of piperazine rings is 1. The van der Waals surface area contributed by atoms with Crippen LogP contribution < -0.4 is 0 Å². The zero-order chi connectivity index (χ0) is 12.4. The average molecular weight is 230 g/mol. The normalized spacial score (nSPS) is 16.4. The van der Waals surface area contributed by atoms with Crippen LogP contribution >= 0.6 is 0 Å². The molecular formula is C12H26N2O2. The van der Waals surface area contributed by atoms with Gasteiger partial charge in [0.05, 0.1) is 7.11 Å². The number of carbonyl (C=O) groups is 1. The summed E-state index contributed by atoms with van der Waals surface area (Å²) >= 11 is 0. The van der Waals surface area contributed by atoms with Gasteiger partial charge in [-0.1, -0.05) is 27.2 Å². The molecule has 96 valence electrons. The van der Waals surface area contributed by atoms with E-state index in [1.54, 1.807) is 4.90 Å². The first-order chi connectivity index (χ1) is 7.69. The van der Waals surface area contributed by atoms with Gasteiger partial charge in [0.15, 0.2) is 0 Å². The van der Waals surface area contributed by atoms with Crippen LogP contribution in [0.1, 0.15) is 33.6 Å². The second-order valence-electron chi connectivity index (χ2n) is 4.01. The van der Waals surface area contributed by atoms with E-state index in [2.05, 4.69) is 30.4 Å². The molecule has 1 rings (SSSR count). The highest BCUT2D eigenvalue weighted by Crippen LogP contribution is 2.03. The lowest BCUT2D eigenvalue weighted by molar-refractivity contribution is 0.0911. The Kier molecular flexibility index (Phi) is 9.00. The third-order valence-corrected chi connectivity index (χ3v) is 2.34. The van der Waals surface area contributed by atoms with Gasteiger partial charge < -0.3 is 9.64 Å². The molecule has 4 heteroatoms. The molecule has 0 bridgehead atoms. The highest BCUT2D eigenvalue weighted by molar-refractivity contribution is 5.67. The van der Waals surface area contributed by atoms with E-state index >= 15 is 0 Å². The molecule has 1 saturated heterocycles. The fraction of sp³-hybridized carbons (Fsp3) is 0.917. The van der Waals surface area contributed by atoms with E-state index in [0.717, 1.165) is 32.7 Å². The number of ether oxygens (including phenoxy) is 1. The van der Waals surface area contributed by atoms with Crippen molar-refractivity contribution in [2.24, 2.45) is 0 Å². The summed E-state index contributed by atoms with van der Waals surface area (Å²) < 4.78 is 4.65. The Morgan fingerprint density at radius 3 is 2.00 bits per heavy atom. The van der Waals surface area contributed by atoms with Crippen LogP contribution in [0, 0.1) is 0 Å². The molecule has 1 amide bonds. The molecule has 0 atom stereocenters. The van der Waals surface area contributed by atoms with Gasteiger partial charge in [0, 0.05) is 26.2 Å². The summed E-state index contributed by atoms with van der Waals surface area (Å²) in [4.78, 5) is 15.2. The van der Waals surface area contributed by atoms with Gasteiger partial charge in [-0.2, -0.15) is 0 Å². The summed E-state index contributed by atoms with van der Waals surface area (Å²) in [6.07, 6.45) is 2.23. The summed E-state index contributed by atoms with van der Waals surface area (Å²) in [5, 5.41) is 0. The Morgan fingerprint density at radius 1 is 1.12 bits per heavy atom. The Bertz CT molecular complexity index is 178. The fourth-order valence-corrected chi connectivity index (χ4v) is 1.60. The number of amides is 1. The first-order valence-electron chi connectivity index (χ1n) is 6.24. The molecule has 1 heterocycles. The van der Waals surface area contributed by atoms with Crippen molar-refractivity contribution in [1.82, 2.24) is 9.80 Å². The van der Waals surface area contributed by atoms with Gasteiger partial charge in [-0.3, -0.25) is 4.90 Å². The lowest BCUT2D eigenvalue weighted by Crippen LogP contribution is -2.48. The minimum absolute atomic E-state index is 0.198. The maximum absolute atomic E-state index is 11.1. The second kappa shape index (κ2) is 9.46. The molecule has 4 nitrogen and oxygen atoms in total. The molecule has 1 fully saturated rings. The summed E-state index contributed by atoms with van der Waals surface area (Å²) in [6.45, 7) is 11.1. The molecule has 0 saturated carbocycles. The number of nitrogens with zero attached hydrogens (tertiary/aromatic N) is 2. The topological polar surface area (TPSA) is 32.8 Å². The largest absolute Gasteiger partial charge is 0.453 e. The van der Waals surface area contributed by atoms with Crippen LogP contribution in [0.3, 0.4) is 0 Å². The molecular weight excluding hydrogens is 204 g/mol. The predicted octanol–water partition coefficient (Wildman–Crippen LogP) is 2.20. The zero-order valence-corrected chi connectivity index (χ0v) is 11.2. The van der Waals surface area contributed by atoms with Crippen LogP contribution in [0.5, 0.6) is 0 Å². The maximum Gasteiger partial charge on any atom is 0.409 e. The third-order valence-electron chi connectivity index (χ3n) is 2.34. The van der Waals surface area contributed by atoms with Gasteiger partial charge in [-0.15, -0.1) is 0 Å². The minimum atomic E-state index is -0.198. The lowest BCUT2D eigenvalue weighted by Gasteiger charge is -2.33. The summed E-state index contributed by atoms with van der Waals surface area (Å²) in [5.74, 6) is 0. The second-order valence-corrected chi connectivity index (χ2v) is 4.01. The molecule has 1 aliphatic heterocycles. The first-order valence-corrected chi connectivity index (χ1v) is 6.24. The van der Waals surface area contributed by atoms with E-state index in [0.29, 0.717) is 0 Å². The van der Waals surface area contributed by atoms with Crippen molar-refractivity contribution < 1.29 is 9.53 Å². The smallest absolute Gasteiger partial charge is 0.409 e. The number of rotatable bonds is 2. The quantitative estimate of drug-likeness (QED) is 0.729. The van der Waals surface area contributed by atoms with E-state index in [-0.39, 0.29) is 6.09 Å². The van der Waals surface area contributed by atoms with Crippen molar-refractivity contribution >= 4 is 6.09 Å². The van der Waals surface area contributed by atoms with E-state index in [1.165, 1.54) is 20.0 Å². The average Bonchev–Trinajstić information content (AvgIpc) is 2.30. The van der Waals surface area contributed by atoms with Crippen molar-refractivity contribution in [3.63, 3.8) is 0 Å². The number of hydrogen-bond acceptors (Lipinski definition) is 3. The number of carbonyl (C=O) groups excluding carboxylic acids is 1. The zero-order valence-electron chi connectivity index (χ0n) is 11.2. The van der Waals surface area contributed by atoms with E-state index in [1.807, 2.05) is 0 Å². The van der Waals surface area contributed by atoms with Crippen molar-refractivity contribution in [3.8, 4) is 0 Å². The monoisotopic (exact) mass is 230 g/mol. The molecule has 0 unspecified atom stereocenters. The minimum Gasteiger partial charge on any atom is -0.453 e. The molecule has 16 heavy (non-hydrogen) atoms. The SMILES string of the molecule is CCC.CCCN1CCN(C(=O)OC)CC1. The van der Waals surface area contributed by atoms with E-state index in [4.69, 9.17) is 0 Å². The molecule has 0 aromatic carbocycles. The molecule has 1 aliphatic rings. The molecule has 0 aliphatic carbocycles. The van der Waals surface area contributed by atoms with Crippen LogP contribution in [0.25, 0.3) is 0 Å². The van der Waals surface area contributed by atoms with Gasteiger partial charge in [-0.05, 0) is 13.0 Å². The van der Waals surface area contributed by atoms with Crippen LogP contribution in [-0.2, 0) is 4.74 Å². The third kappa shape index (κ3) is 5.95. The van der Waals surface area contributed by atoms with Gasteiger partial charge in [0.1, 0.15) is 0 Å². The van der Waals surface area contributed by atoms with Gasteiger partial charge in [-0.25, -0.2) is 4.79 Å². The fourth-order valence-electron chi connectivity index (χ4n) is 1.60. The predicted molar refractivity (Wildman–Crippen MR) is 66.7 cm³/mol. The Morgan fingerprint density at radius 2 is 1.62 bits per heavy atom. The van der Waals surface area contributed by atoms with Crippen LogP contribution in [0.2, 0.25) is 0 Å². The Hall–Kier alpha value is -0.770. The van der Waals surface area contributed by atoms with Crippen LogP contribution in [0.15, 0.2) is 0 Å².